The van der Waals surface area contributed by atoms with E-state index in [9.17, 15) is 23.1 Å². The highest BCUT2D eigenvalue weighted by Crippen LogP contribution is 2.51. The highest BCUT2D eigenvalue weighted by Gasteiger charge is 2.43. The molecule has 0 saturated carbocycles. The number of rotatable bonds is 2. The van der Waals surface area contributed by atoms with Crippen molar-refractivity contribution in [3.05, 3.63) is 58.3 Å². The van der Waals surface area contributed by atoms with Crippen molar-refractivity contribution in [2.45, 2.75) is 44.6 Å². The van der Waals surface area contributed by atoms with Crippen molar-refractivity contribution in [3.63, 3.8) is 0 Å². The quantitative estimate of drug-likeness (QED) is 0.598. The molecule has 33 heavy (non-hydrogen) atoms. The number of nitrogens with zero attached hydrogens (tertiary/aromatic N) is 1. The molecule has 1 unspecified atom stereocenters. The monoisotopic (exact) mass is 488 g/mol. The third-order valence-corrected chi connectivity index (χ3v) is 7.48. The number of benzene rings is 2. The SMILES string of the molecule is CC(=O)N1c2cccc(O)c2NC2=C(C(=O)CC(C)(C)C2)C1c1ccc(S(C)(=O)=O)cc1Cl. The molecule has 2 aliphatic rings. The maximum atomic E-state index is 13.5. The van der Waals surface area contributed by atoms with Crippen molar-refractivity contribution in [1.29, 1.82) is 0 Å². The van der Waals surface area contributed by atoms with Crippen LogP contribution in [0, 0.1) is 5.41 Å². The summed E-state index contributed by atoms with van der Waals surface area (Å²) in [6.45, 7) is 5.35. The van der Waals surface area contributed by atoms with Gasteiger partial charge in [-0.05, 0) is 41.7 Å². The first-order valence-corrected chi connectivity index (χ1v) is 12.7. The molecule has 0 spiro atoms. The molecule has 0 saturated heterocycles. The van der Waals surface area contributed by atoms with Gasteiger partial charge in [-0.15, -0.1) is 0 Å². The number of ketones is 1. The van der Waals surface area contributed by atoms with E-state index in [0.717, 1.165) is 6.26 Å². The van der Waals surface area contributed by atoms with Gasteiger partial charge in [0.2, 0.25) is 5.91 Å². The van der Waals surface area contributed by atoms with Gasteiger partial charge >= 0.3 is 0 Å². The van der Waals surface area contributed by atoms with E-state index in [4.69, 9.17) is 11.6 Å². The summed E-state index contributed by atoms with van der Waals surface area (Å²) in [6, 6.07) is 8.23. The fourth-order valence-corrected chi connectivity index (χ4v) is 5.64. The molecule has 0 bridgehead atoms. The van der Waals surface area contributed by atoms with Crippen LogP contribution in [-0.2, 0) is 19.4 Å². The molecular weight excluding hydrogens is 464 g/mol. The number of hydrogen-bond donors (Lipinski definition) is 2. The van der Waals surface area contributed by atoms with Gasteiger partial charge < -0.3 is 10.4 Å². The number of halogens is 1. The second kappa shape index (κ2) is 7.88. The smallest absolute Gasteiger partial charge is 0.224 e. The van der Waals surface area contributed by atoms with E-state index in [1.165, 1.54) is 30.0 Å². The van der Waals surface area contributed by atoms with Crippen molar-refractivity contribution in [2.24, 2.45) is 5.41 Å². The first kappa shape index (κ1) is 23.3. The number of amides is 1. The number of phenols is 1. The minimum Gasteiger partial charge on any atom is -0.506 e. The predicted molar refractivity (Wildman–Crippen MR) is 127 cm³/mol. The Balaban J connectivity index is 2.05. The molecule has 1 heterocycles. The number of phenolic OH excluding ortho intramolecular Hbond substituents is 1. The van der Waals surface area contributed by atoms with E-state index in [0.29, 0.717) is 34.6 Å². The molecule has 7 nitrogen and oxygen atoms in total. The van der Waals surface area contributed by atoms with Gasteiger partial charge in [0.05, 0.1) is 16.6 Å². The number of carbonyl (C=O) groups excluding carboxylic acids is 2. The number of carbonyl (C=O) groups is 2. The van der Waals surface area contributed by atoms with Crippen molar-refractivity contribution < 1.29 is 23.1 Å². The number of allylic oxidation sites excluding steroid dienone is 1. The highest BCUT2D eigenvalue weighted by atomic mass is 35.5. The normalized spacial score (nSPS) is 20.0. The van der Waals surface area contributed by atoms with Crippen LogP contribution in [0.4, 0.5) is 11.4 Å². The first-order valence-electron chi connectivity index (χ1n) is 10.4. The van der Waals surface area contributed by atoms with Gasteiger partial charge in [-0.2, -0.15) is 0 Å². The average Bonchev–Trinajstić information content (AvgIpc) is 2.81. The summed E-state index contributed by atoms with van der Waals surface area (Å²) >= 11 is 6.58. The Morgan fingerprint density at radius 1 is 1.21 bits per heavy atom. The minimum atomic E-state index is -3.50. The predicted octanol–water partition coefficient (Wildman–Crippen LogP) is 4.61. The van der Waals surface area contributed by atoms with Gasteiger partial charge in [-0.25, -0.2) is 8.42 Å². The van der Waals surface area contributed by atoms with E-state index >= 15 is 0 Å². The van der Waals surface area contributed by atoms with E-state index in [1.807, 2.05) is 13.8 Å². The first-order chi connectivity index (χ1) is 15.3. The van der Waals surface area contributed by atoms with Crippen LogP contribution < -0.4 is 10.2 Å². The summed E-state index contributed by atoms with van der Waals surface area (Å²) in [5, 5.41) is 14.0. The Bertz CT molecular complexity index is 1330. The number of fused-ring (bicyclic) bond motifs is 1. The fourth-order valence-electron chi connectivity index (χ4n) is 4.65. The Morgan fingerprint density at radius 2 is 1.91 bits per heavy atom. The van der Waals surface area contributed by atoms with E-state index in [-0.39, 0.29) is 39.2 Å². The van der Waals surface area contributed by atoms with Gasteiger partial charge in [0.1, 0.15) is 11.4 Å². The third kappa shape index (κ3) is 4.13. The lowest BCUT2D eigenvalue weighted by atomic mass is 9.73. The molecule has 174 valence electrons. The van der Waals surface area contributed by atoms with Gasteiger partial charge in [-0.1, -0.05) is 37.6 Å². The molecule has 9 heteroatoms. The Kier molecular flexibility index (Phi) is 5.57. The zero-order valence-corrected chi connectivity index (χ0v) is 20.3. The number of Topliss-reactive ketones (excluding diaryl/α,β-unsaturated/α-hetero) is 1. The van der Waals surface area contributed by atoms with Crippen LogP contribution in [0.1, 0.15) is 45.2 Å². The number of nitrogens with one attached hydrogen (secondary N) is 1. The van der Waals surface area contributed by atoms with E-state index in [2.05, 4.69) is 5.32 Å². The summed E-state index contributed by atoms with van der Waals surface area (Å²) in [4.78, 5) is 28.0. The Morgan fingerprint density at radius 3 is 2.52 bits per heavy atom. The van der Waals surface area contributed by atoms with Crippen molar-refractivity contribution in [2.75, 3.05) is 16.5 Å². The summed E-state index contributed by atoms with van der Waals surface area (Å²) in [5.41, 5.74) is 1.82. The fraction of sp³-hybridized carbons (Fsp3) is 0.333. The molecule has 2 aromatic rings. The molecule has 1 aliphatic carbocycles. The summed E-state index contributed by atoms with van der Waals surface area (Å²) in [6.07, 6.45) is 1.88. The standard InChI is InChI=1S/C24H25ClN2O5S/c1-13(28)27-18-6-5-7-19(29)22(18)26-17-11-24(2,3)12-20(30)21(17)23(27)15-9-8-14(10-16(15)25)33(4,31)32/h5-10,23,26,29H,11-12H2,1-4H3. The lowest BCUT2D eigenvalue weighted by Gasteiger charge is -2.37. The Hall–Kier alpha value is -2.84. The molecular formula is C24H25ClN2O5S. The molecule has 1 amide bonds. The largest absolute Gasteiger partial charge is 0.506 e. The molecule has 0 radical (unpaired) electrons. The maximum Gasteiger partial charge on any atom is 0.224 e. The summed E-state index contributed by atoms with van der Waals surface area (Å²) in [7, 11) is -3.50. The van der Waals surface area contributed by atoms with Crippen molar-refractivity contribution in [3.8, 4) is 5.75 Å². The molecule has 4 rings (SSSR count). The number of sulfone groups is 1. The van der Waals surface area contributed by atoms with Crippen LogP contribution in [0.25, 0.3) is 0 Å². The van der Waals surface area contributed by atoms with Crippen LogP contribution >= 0.6 is 11.6 Å². The van der Waals surface area contributed by atoms with Crippen LogP contribution in [0.2, 0.25) is 5.02 Å². The zero-order valence-electron chi connectivity index (χ0n) is 18.8. The molecule has 0 aromatic heterocycles. The topological polar surface area (TPSA) is 104 Å². The minimum absolute atomic E-state index is 0.0423. The number of hydrogen-bond acceptors (Lipinski definition) is 6. The molecule has 0 fully saturated rings. The lowest BCUT2D eigenvalue weighted by molar-refractivity contribution is -0.118. The van der Waals surface area contributed by atoms with E-state index < -0.39 is 15.9 Å². The number of aromatic hydroxyl groups is 1. The summed E-state index contributed by atoms with van der Waals surface area (Å²) < 4.78 is 24.1. The Labute approximate surface area is 198 Å². The third-order valence-electron chi connectivity index (χ3n) is 6.04. The molecule has 2 N–H and O–H groups in total. The van der Waals surface area contributed by atoms with Crippen molar-refractivity contribution in [1.82, 2.24) is 0 Å². The second-order valence-electron chi connectivity index (χ2n) is 9.38. The molecule has 1 atom stereocenters. The summed E-state index contributed by atoms with van der Waals surface area (Å²) in [5.74, 6) is -0.551. The van der Waals surface area contributed by atoms with Crippen LogP contribution in [0.5, 0.6) is 5.75 Å². The second-order valence-corrected chi connectivity index (χ2v) is 11.8. The lowest BCUT2D eigenvalue weighted by Crippen LogP contribution is -2.38. The van der Waals surface area contributed by atoms with Gasteiger partial charge in [0, 0.05) is 35.9 Å². The van der Waals surface area contributed by atoms with Gasteiger partial charge in [-0.3, -0.25) is 14.5 Å². The maximum absolute atomic E-state index is 13.5. The number of anilines is 2. The highest BCUT2D eigenvalue weighted by molar-refractivity contribution is 7.90. The van der Waals surface area contributed by atoms with Gasteiger partial charge in [0.15, 0.2) is 15.6 Å². The van der Waals surface area contributed by atoms with Crippen LogP contribution in [0.3, 0.4) is 0 Å². The van der Waals surface area contributed by atoms with Gasteiger partial charge in [0.25, 0.3) is 0 Å². The van der Waals surface area contributed by atoms with Crippen LogP contribution in [0.15, 0.2) is 52.6 Å². The van der Waals surface area contributed by atoms with Crippen LogP contribution in [-0.4, -0.2) is 31.5 Å². The van der Waals surface area contributed by atoms with E-state index in [1.54, 1.807) is 18.2 Å². The zero-order chi connectivity index (χ0) is 24.3. The number of para-hydroxylation sites is 1. The average molecular weight is 489 g/mol. The van der Waals surface area contributed by atoms with Crippen molar-refractivity contribution >= 4 is 44.5 Å². The molecule has 1 aliphatic heterocycles. The molecule has 2 aromatic carbocycles.